The Morgan fingerprint density at radius 2 is 2.27 bits per heavy atom. The first-order valence-corrected chi connectivity index (χ1v) is 5.39. The Hall–Kier alpha value is -0.830. The third-order valence-corrected chi connectivity index (χ3v) is 2.97. The first-order valence-electron chi connectivity index (χ1n) is 5.39. The fourth-order valence-corrected chi connectivity index (χ4v) is 2.00. The van der Waals surface area contributed by atoms with Gasteiger partial charge in [-0.05, 0) is 26.7 Å². The van der Waals surface area contributed by atoms with Gasteiger partial charge in [0.2, 0.25) is 0 Å². The Balaban J connectivity index is 2.65. The molecule has 1 saturated heterocycles. The molecule has 3 atom stereocenters. The molecule has 0 radical (unpaired) electrons. The lowest BCUT2D eigenvalue weighted by molar-refractivity contribution is -0.148. The zero-order valence-corrected chi connectivity index (χ0v) is 9.73. The lowest BCUT2D eigenvalue weighted by Crippen LogP contribution is -2.35. The van der Waals surface area contributed by atoms with Crippen LogP contribution in [0.25, 0.3) is 0 Å². The maximum atomic E-state index is 10.4. The van der Waals surface area contributed by atoms with Gasteiger partial charge in [0.15, 0.2) is 0 Å². The summed E-state index contributed by atoms with van der Waals surface area (Å²) in [7, 11) is 0. The van der Waals surface area contributed by atoms with Crippen LogP contribution in [0.4, 0.5) is 0 Å². The predicted octanol–water partition coefficient (Wildman–Crippen LogP) is 2.31. The molecule has 86 valence electrons. The zero-order chi connectivity index (χ0) is 11.5. The Morgan fingerprint density at radius 1 is 1.60 bits per heavy atom. The highest BCUT2D eigenvalue weighted by atomic mass is 16.6. The van der Waals surface area contributed by atoms with Gasteiger partial charge in [-0.15, -0.1) is 6.58 Å². The molecule has 3 heteroatoms. The van der Waals surface area contributed by atoms with Crippen molar-refractivity contribution in [2.24, 2.45) is 5.92 Å². The summed E-state index contributed by atoms with van der Waals surface area (Å²) in [4.78, 5) is 10.4. The summed E-state index contributed by atoms with van der Waals surface area (Å²) in [5.41, 5.74) is -0.101. The first kappa shape index (κ1) is 12.2. The van der Waals surface area contributed by atoms with Gasteiger partial charge in [0, 0.05) is 5.92 Å². The first-order chi connectivity index (χ1) is 7.00. The van der Waals surface area contributed by atoms with Crippen molar-refractivity contribution in [3.8, 4) is 0 Å². The van der Waals surface area contributed by atoms with Crippen molar-refractivity contribution < 1.29 is 14.3 Å². The third-order valence-electron chi connectivity index (χ3n) is 2.97. The highest BCUT2D eigenvalue weighted by Crippen LogP contribution is 2.33. The second kappa shape index (κ2) is 4.79. The van der Waals surface area contributed by atoms with E-state index < -0.39 is 0 Å². The van der Waals surface area contributed by atoms with Crippen molar-refractivity contribution in [3.05, 3.63) is 12.7 Å². The smallest absolute Gasteiger partial charge is 0.293 e. The van der Waals surface area contributed by atoms with Crippen molar-refractivity contribution in [3.63, 3.8) is 0 Å². The van der Waals surface area contributed by atoms with Crippen molar-refractivity contribution in [1.82, 2.24) is 0 Å². The molecule has 0 bridgehead atoms. The van der Waals surface area contributed by atoms with Crippen molar-refractivity contribution in [2.75, 3.05) is 0 Å². The number of hydrogen-bond donors (Lipinski definition) is 0. The second-order valence-electron chi connectivity index (χ2n) is 4.75. The molecule has 1 heterocycles. The van der Waals surface area contributed by atoms with E-state index in [2.05, 4.69) is 20.4 Å². The van der Waals surface area contributed by atoms with Gasteiger partial charge in [-0.25, -0.2) is 0 Å². The summed E-state index contributed by atoms with van der Waals surface area (Å²) in [5, 5.41) is 0. The van der Waals surface area contributed by atoms with Crippen LogP contribution in [0.1, 0.15) is 33.6 Å². The Labute approximate surface area is 91.4 Å². The molecular weight excluding hydrogens is 192 g/mol. The highest BCUT2D eigenvalue weighted by Gasteiger charge is 2.38. The van der Waals surface area contributed by atoms with Crippen LogP contribution in [0.5, 0.6) is 0 Å². The van der Waals surface area contributed by atoms with Crippen LogP contribution < -0.4 is 0 Å². The predicted molar refractivity (Wildman–Crippen MR) is 58.5 cm³/mol. The molecule has 15 heavy (non-hydrogen) atoms. The van der Waals surface area contributed by atoms with E-state index in [0.717, 1.165) is 12.8 Å². The van der Waals surface area contributed by atoms with E-state index in [1.165, 1.54) is 0 Å². The van der Waals surface area contributed by atoms with Gasteiger partial charge in [-0.1, -0.05) is 13.0 Å². The highest BCUT2D eigenvalue weighted by molar-refractivity contribution is 5.37. The van der Waals surface area contributed by atoms with E-state index in [-0.39, 0.29) is 23.7 Å². The van der Waals surface area contributed by atoms with Gasteiger partial charge in [0.25, 0.3) is 6.47 Å². The van der Waals surface area contributed by atoms with Crippen molar-refractivity contribution in [2.45, 2.75) is 51.4 Å². The molecule has 1 unspecified atom stereocenters. The third kappa shape index (κ3) is 3.06. The molecule has 0 aliphatic carbocycles. The zero-order valence-electron chi connectivity index (χ0n) is 9.73. The molecule has 0 saturated carbocycles. The molecule has 3 nitrogen and oxygen atoms in total. The van der Waals surface area contributed by atoms with E-state index in [1.807, 2.05) is 6.92 Å². The minimum atomic E-state index is -0.207. The minimum Gasteiger partial charge on any atom is -0.461 e. The van der Waals surface area contributed by atoms with Crippen LogP contribution >= 0.6 is 0 Å². The molecule has 0 aromatic heterocycles. The average Bonchev–Trinajstić information content (AvgIpc) is 2.54. The van der Waals surface area contributed by atoms with Gasteiger partial charge in [0.05, 0.1) is 11.7 Å². The number of carbonyl (C=O) groups is 1. The molecule has 0 aromatic rings. The van der Waals surface area contributed by atoms with Crippen LogP contribution in [0.2, 0.25) is 0 Å². The Kier molecular flexibility index (Phi) is 3.91. The average molecular weight is 212 g/mol. The van der Waals surface area contributed by atoms with Gasteiger partial charge < -0.3 is 9.47 Å². The van der Waals surface area contributed by atoms with E-state index in [9.17, 15) is 4.79 Å². The number of ether oxygens (including phenoxy) is 2. The van der Waals surface area contributed by atoms with Crippen LogP contribution in [0, 0.1) is 5.92 Å². The molecule has 0 N–H and O–H groups in total. The van der Waals surface area contributed by atoms with Gasteiger partial charge in [-0.2, -0.15) is 0 Å². The molecule has 1 aliphatic heterocycles. The quantitative estimate of drug-likeness (QED) is 0.518. The summed E-state index contributed by atoms with van der Waals surface area (Å²) in [6.07, 6.45) is 3.52. The molecule has 1 rings (SSSR count). The lowest BCUT2D eigenvalue weighted by atomic mass is 9.97. The monoisotopic (exact) mass is 212 g/mol. The fraction of sp³-hybridized carbons (Fsp3) is 0.750. The molecule has 1 fully saturated rings. The molecule has 1 aliphatic rings. The van der Waals surface area contributed by atoms with Gasteiger partial charge >= 0.3 is 0 Å². The Morgan fingerprint density at radius 3 is 2.67 bits per heavy atom. The molecule has 0 aromatic carbocycles. The summed E-state index contributed by atoms with van der Waals surface area (Å²) in [6.45, 7) is 10.3. The number of carbonyl (C=O) groups excluding carboxylic acids is 1. The summed E-state index contributed by atoms with van der Waals surface area (Å²) < 4.78 is 10.9. The number of hydrogen-bond acceptors (Lipinski definition) is 3. The van der Waals surface area contributed by atoms with Crippen molar-refractivity contribution in [1.29, 1.82) is 0 Å². The van der Waals surface area contributed by atoms with E-state index in [0.29, 0.717) is 6.47 Å². The minimum absolute atomic E-state index is 0.00167. The summed E-state index contributed by atoms with van der Waals surface area (Å²) >= 11 is 0. The SMILES string of the molecule is C=C[C@@H](C)C(OC=O)[C@H]1CCC(C)(C)O1. The van der Waals surface area contributed by atoms with Gasteiger partial charge in [0.1, 0.15) is 6.10 Å². The van der Waals surface area contributed by atoms with Crippen LogP contribution in [0.15, 0.2) is 12.7 Å². The number of rotatable bonds is 5. The van der Waals surface area contributed by atoms with Crippen LogP contribution in [-0.2, 0) is 14.3 Å². The van der Waals surface area contributed by atoms with E-state index >= 15 is 0 Å². The maximum absolute atomic E-state index is 10.4. The fourth-order valence-electron chi connectivity index (χ4n) is 2.00. The normalized spacial score (nSPS) is 28.1. The van der Waals surface area contributed by atoms with Crippen LogP contribution in [0.3, 0.4) is 0 Å². The van der Waals surface area contributed by atoms with Gasteiger partial charge in [-0.3, -0.25) is 4.79 Å². The molecular formula is C12H20O3. The van der Waals surface area contributed by atoms with E-state index in [4.69, 9.17) is 9.47 Å². The topological polar surface area (TPSA) is 35.5 Å². The standard InChI is InChI=1S/C12H20O3/c1-5-9(2)11(14-8-13)10-6-7-12(3,4)15-10/h5,8-11H,1,6-7H2,2-4H3/t9-,10-,11?/m1/s1. The maximum Gasteiger partial charge on any atom is 0.293 e. The Bertz CT molecular complexity index is 235. The molecule has 0 spiro atoms. The van der Waals surface area contributed by atoms with E-state index in [1.54, 1.807) is 6.08 Å². The second-order valence-corrected chi connectivity index (χ2v) is 4.75. The van der Waals surface area contributed by atoms with Crippen LogP contribution in [-0.4, -0.2) is 24.3 Å². The molecule has 0 amide bonds. The summed E-state index contributed by atoms with van der Waals surface area (Å²) in [5.74, 6) is 0.120. The largest absolute Gasteiger partial charge is 0.461 e. The lowest BCUT2D eigenvalue weighted by Gasteiger charge is -2.27. The van der Waals surface area contributed by atoms with Crippen molar-refractivity contribution >= 4 is 6.47 Å². The summed E-state index contributed by atoms with van der Waals surface area (Å²) in [6, 6.07) is 0.